The van der Waals surface area contributed by atoms with Gasteiger partial charge in [0.25, 0.3) is 0 Å². The molecule has 0 amide bonds. The standard InChI is InChI=1S/C15H20N2O5/c1-3-21-14(19)10-6-5-7-11(8-10)17-13(12(18)9-16)15(20)22-4-2/h5-8,13,17H,3-4,9,16H2,1-2H3. The number of carbonyl (C=O) groups excluding carboxylic acids is 3. The first-order chi connectivity index (χ1) is 10.5. The minimum absolute atomic E-state index is 0.151. The summed E-state index contributed by atoms with van der Waals surface area (Å²) in [5, 5.41) is 2.74. The van der Waals surface area contributed by atoms with E-state index in [2.05, 4.69) is 5.32 Å². The Balaban J connectivity index is 2.93. The van der Waals surface area contributed by atoms with E-state index in [-0.39, 0.29) is 19.8 Å². The third-order valence-corrected chi connectivity index (χ3v) is 2.73. The fraction of sp³-hybridized carbons (Fsp3) is 0.400. The lowest BCUT2D eigenvalue weighted by Crippen LogP contribution is -2.42. The molecule has 1 unspecified atom stereocenters. The van der Waals surface area contributed by atoms with Gasteiger partial charge in [0.1, 0.15) is 0 Å². The number of ether oxygens (including phenoxy) is 2. The Hall–Kier alpha value is -2.41. The number of anilines is 1. The number of Topliss-reactive ketones (excluding diaryl/α,β-unsaturated/α-hetero) is 1. The lowest BCUT2D eigenvalue weighted by molar-refractivity contribution is -0.146. The fourth-order valence-corrected chi connectivity index (χ4v) is 1.73. The van der Waals surface area contributed by atoms with Gasteiger partial charge in [-0.3, -0.25) is 4.79 Å². The van der Waals surface area contributed by atoms with Gasteiger partial charge in [-0.1, -0.05) is 6.07 Å². The number of carbonyl (C=O) groups is 3. The van der Waals surface area contributed by atoms with Gasteiger partial charge in [-0.25, -0.2) is 9.59 Å². The van der Waals surface area contributed by atoms with E-state index in [1.807, 2.05) is 0 Å². The Bertz CT molecular complexity index is 544. The summed E-state index contributed by atoms with van der Waals surface area (Å²) in [5.74, 6) is -1.69. The van der Waals surface area contributed by atoms with E-state index in [0.29, 0.717) is 11.3 Å². The van der Waals surface area contributed by atoms with E-state index in [1.165, 1.54) is 6.07 Å². The second kappa shape index (κ2) is 8.78. The number of esters is 2. The highest BCUT2D eigenvalue weighted by Crippen LogP contribution is 2.14. The molecule has 0 aliphatic carbocycles. The van der Waals surface area contributed by atoms with Crippen molar-refractivity contribution in [1.29, 1.82) is 0 Å². The zero-order chi connectivity index (χ0) is 16.5. The molecule has 0 heterocycles. The van der Waals surface area contributed by atoms with Crippen LogP contribution in [-0.4, -0.2) is 43.5 Å². The van der Waals surface area contributed by atoms with Gasteiger partial charge < -0.3 is 20.5 Å². The highest BCUT2D eigenvalue weighted by molar-refractivity contribution is 6.06. The molecule has 7 nitrogen and oxygen atoms in total. The third-order valence-electron chi connectivity index (χ3n) is 2.73. The minimum Gasteiger partial charge on any atom is -0.464 e. The molecule has 1 aromatic carbocycles. The van der Waals surface area contributed by atoms with Gasteiger partial charge in [-0.2, -0.15) is 0 Å². The summed E-state index contributed by atoms with van der Waals surface area (Å²) in [7, 11) is 0. The maximum Gasteiger partial charge on any atom is 0.338 e. The van der Waals surface area contributed by atoms with E-state index in [1.54, 1.807) is 32.0 Å². The van der Waals surface area contributed by atoms with Crippen LogP contribution in [0.1, 0.15) is 24.2 Å². The summed E-state index contributed by atoms with van der Waals surface area (Å²) in [6.07, 6.45) is 0. The molecule has 0 saturated carbocycles. The smallest absolute Gasteiger partial charge is 0.338 e. The average Bonchev–Trinajstić information content (AvgIpc) is 2.52. The molecule has 0 bridgehead atoms. The molecule has 0 aliphatic heterocycles. The molecule has 0 spiro atoms. The normalized spacial score (nSPS) is 11.4. The molecule has 1 aromatic rings. The Morgan fingerprint density at radius 2 is 1.86 bits per heavy atom. The first kappa shape index (κ1) is 17.6. The van der Waals surface area contributed by atoms with Gasteiger partial charge >= 0.3 is 11.9 Å². The number of benzene rings is 1. The van der Waals surface area contributed by atoms with Gasteiger partial charge in [0.2, 0.25) is 0 Å². The number of rotatable bonds is 8. The van der Waals surface area contributed by atoms with Crippen molar-refractivity contribution in [3.8, 4) is 0 Å². The summed E-state index contributed by atoms with van der Waals surface area (Å²) in [5.41, 5.74) is 6.04. The van der Waals surface area contributed by atoms with Crippen molar-refractivity contribution in [3.05, 3.63) is 29.8 Å². The van der Waals surface area contributed by atoms with Crippen molar-refractivity contribution in [2.45, 2.75) is 19.9 Å². The topological polar surface area (TPSA) is 108 Å². The first-order valence-electron chi connectivity index (χ1n) is 6.96. The highest BCUT2D eigenvalue weighted by Gasteiger charge is 2.26. The quantitative estimate of drug-likeness (QED) is 0.538. The zero-order valence-corrected chi connectivity index (χ0v) is 12.6. The second-order valence-corrected chi connectivity index (χ2v) is 4.30. The molecule has 0 radical (unpaired) electrons. The predicted octanol–water partition coefficient (Wildman–Crippen LogP) is 0.735. The van der Waals surface area contributed by atoms with E-state index >= 15 is 0 Å². The van der Waals surface area contributed by atoms with Crippen molar-refractivity contribution in [3.63, 3.8) is 0 Å². The van der Waals surface area contributed by atoms with Crippen LogP contribution in [-0.2, 0) is 19.1 Å². The van der Waals surface area contributed by atoms with Gasteiger partial charge in [0.05, 0.1) is 25.3 Å². The monoisotopic (exact) mass is 308 g/mol. The molecule has 1 atom stereocenters. The van der Waals surface area contributed by atoms with Crippen LogP contribution in [0.3, 0.4) is 0 Å². The zero-order valence-electron chi connectivity index (χ0n) is 12.6. The maximum atomic E-state index is 11.8. The highest BCUT2D eigenvalue weighted by atomic mass is 16.5. The van der Waals surface area contributed by atoms with Crippen molar-refractivity contribution in [2.24, 2.45) is 5.73 Å². The summed E-state index contributed by atoms with van der Waals surface area (Å²) < 4.78 is 9.74. The first-order valence-corrected chi connectivity index (χ1v) is 6.96. The summed E-state index contributed by atoms with van der Waals surface area (Å²) >= 11 is 0. The van der Waals surface area contributed by atoms with Gasteiger partial charge in [-0.15, -0.1) is 0 Å². The largest absolute Gasteiger partial charge is 0.464 e. The van der Waals surface area contributed by atoms with E-state index in [0.717, 1.165) is 0 Å². The van der Waals surface area contributed by atoms with Crippen LogP contribution in [0.15, 0.2) is 24.3 Å². The summed E-state index contributed by atoms with van der Waals surface area (Å²) in [6, 6.07) is 5.10. The molecule has 1 rings (SSSR count). The van der Waals surface area contributed by atoms with Crippen LogP contribution in [0, 0.1) is 0 Å². The second-order valence-electron chi connectivity index (χ2n) is 4.30. The summed E-state index contributed by atoms with van der Waals surface area (Å²) in [4.78, 5) is 35.3. The number of ketones is 1. The van der Waals surface area contributed by atoms with Crippen LogP contribution >= 0.6 is 0 Å². The number of hydrogen-bond acceptors (Lipinski definition) is 7. The molecular formula is C15H20N2O5. The van der Waals surface area contributed by atoms with Crippen LogP contribution in [0.25, 0.3) is 0 Å². The van der Waals surface area contributed by atoms with E-state index < -0.39 is 23.8 Å². The van der Waals surface area contributed by atoms with Gasteiger partial charge in [-0.05, 0) is 32.0 Å². The SMILES string of the molecule is CCOC(=O)c1cccc(NC(C(=O)CN)C(=O)OCC)c1. The van der Waals surface area contributed by atoms with Crippen LogP contribution in [0.2, 0.25) is 0 Å². The molecule has 0 saturated heterocycles. The molecule has 0 aromatic heterocycles. The van der Waals surface area contributed by atoms with Crippen molar-refractivity contribution in [2.75, 3.05) is 25.1 Å². The van der Waals surface area contributed by atoms with Crippen LogP contribution in [0.5, 0.6) is 0 Å². The van der Waals surface area contributed by atoms with Gasteiger partial charge in [0.15, 0.2) is 11.8 Å². The molecule has 0 aliphatic rings. The molecule has 7 heteroatoms. The van der Waals surface area contributed by atoms with Crippen molar-refractivity contribution < 1.29 is 23.9 Å². The van der Waals surface area contributed by atoms with E-state index in [4.69, 9.17) is 15.2 Å². The maximum absolute atomic E-state index is 11.8. The Morgan fingerprint density at radius 1 is 1.18 bits per heavy atom. The third kappa shape index (κ3) is 4.85. The fourth-order valence-electron chi connectivity index (χ4n) is 1.73. The Labute approximate surface area is 128 Å². The molecule has 120 valence electrons. The number of nitrogens with one attached hydrogen (secondary N) is 1. The van der Waals surface area contributed by atoms with Crippen LogP contribution < -0.4 is 11.1 Å². The molecule has 22 heavy (non-hydrogen) atoms. The number of nitrogens with two attached hydrogens (primary N) is 1. The van der Waals surface area contributed by atoms with Crippen molar-refractivity contribution >= 4 is 23.4 Å². The minimum atomic E-state index is -1.21. The summed E-state index contributed by atoms with van der Waals surface area (Å²) in [6.45, 7) is 3.46. The lowest BCUT2D eigenvalue weighted by Gasteiger charge is -2.17. The van der Waals surface area contributed by atoms with Crippen molar-refractivity contribution in [1.82, 2.24) is 0 Å². The number of hydrogen-bond donors (Lipinski definition) is 2. The molecular weight excluding hydrogens is 288 g/mol. The van der Waals surface area contributed by atoms with Gasteiger partial charge in [0, 0.05) is 5.69 Å². The van der Waals surface area contributed by atoms with Crippen LogP contribution in [0.4, 0.5) is 5.69 Å². The molecule has 0 fully saturated rings. The Kier molecular flexibility index (Phi) is 7.04. The molecule has 3 N–H and O–H groups in total. The lowest BCUT2D eigenvalue weighted by atomic mass is 10.1. The van der Waals surface area contributed by atoms with E-state index in [9.17, 15) is 14.4 Å². The predicted molar refractivity (Wildman–Crippen MR) is 80.5 cm³/mol. The Morgan fingerprint density at radius 3 is 2.45 bits per heavy atom. The average molecular weight is 308 g/mol.